The van der Waals surface area contributed by atoms with Crippen LogP contribution >= 0.6 is 0 Å². The molecule has 1 saturated heterocycles. The second kappa shape index (κ2) is 5.29. The SMILES string of the molecule is Cc1ccc2c(N3CCC(N)CC3)nccc2c1[N+](=O)[O-]. The number of rotatable bonds is 2. The standard InChI is InChI=1S/C15H18N4O2/c1-10-2-3-13-12(14(10)19(20)21)4-7-17-15(13)18-8-5-11(16)6-9-18/h2-4,7,11H,5-6,8-9,16H2,1H3. The fraction of sp³-hybridized carbons (Fsp3) is 0.400. The quantitative estimate of drug-likeness (QED) is 0.676. The fourth-order valence-corrected chi connectivity index (χ4v) is 2.94. The van der Waals surface area contributed by atoms with Crippen LogP contribution in [0.5, 0.6) is 0 Å². The first-order valence-corrected chi connectivity index (χ1v) is 7.11. The molecule has 6 heteroatoms. The van der Waals surface area contributed by atoms with Crippen molar-refractivity contribution in [3.8, 4) is 0 Å². The van der Waals surface area contributed by atoms with E-state index in [0.29, 0.717) is 10.9 Å². The zero-order valence-corrected chi connectivity index (χ0v) is 12.0. The van der Waals surface area contributed by atoms with E-state index in [0.717, 1.165) is 37.1 Å². The molecule has 21 heavy (non-hydrogen) atoms. The number of hydrogen-bond donors (Lipinski definition) is 1. The second-order valence-corrected chi connectivity index (χ2v) is 5.54. The highest BCUT2D eigenvalue weighted by Crippen LogP contribution is 2.34. The number of nitrogens with two attached hydrogens (primary N) is 1. The average molecular weight is 286 g/mol. The minimum absolute atomic E-state index is 0.171. The summed E-state index contributed by atoms with van der Waals surface area (Å²) in [5.74, 6) is 0.822. The summed E-state index contributed by atoms with van der Waals surface area (Å²) >= 11 is 0. The number of fused-ring (bicyclic) bond motifs is 1. The van der Waals surface area contributed by atoms with Crippen LogP contribution in [0.4, 0.5) is 11.5 Å². The summed E-state index contributed by atoms with van der Waals surface area (Å²) in [6.45, 7) is 3.45. The van der Waals surface area contributed by atoms with Crippen molar-refractivity contribution < 1.29 is 4.92 Å². The first-order chi connectivity index (χ1) is 10.1. The van der Waals surface area contributed by atoms with E-state index in [-0.39, 0.29) is 16.7 Å². The Hall–Kier alpha value is -2.21. The number of hydrogen-bond acceptors (Lipinski definition) is 5. The molecule has 2 aromatic rings. The fourth-order valence-electron chi connectivity index (χ4n) is 2.94. The van der Waals surface area contributed by atoms with E-state index in [1.54, 1.807) is 25.3 Å². The van der Waals surface area contributed by atoms with Crippen LogP contribution in [0.15, 0.2) is 24.4 Å². The maximum Gasteiger partial charge on any atom is 0.280 e. The van der Waals surface area contributed by atoms with Crippen LogP contribution in [0.3, 0.4) is 0 Å². The van der Waals surface area contributed by atoms with Gasteiger partial charge in [-0.15, -0.1) is 0 Å². The molecule has 1 fully saturated rings. The zero-order chi connectivity index (χ0) is 15.0. The first kappa shape index (κ1) is 13.8. The molecule has 0 unspecified atom stereocenters. The molecule has 6 nitrogen and oxygen atoms in total. The molecule has 3 rings (SSSR count). The highest BCUT2D eigenvalue weighted by Gasteiger charge is 2.22. The lowest BCUT2D eigenvalue weighted by Gasteiger charge is -2.31. The minimum Gasteiger partial charge on any atom is -0.356 e. The zero-order valence-electron chi connectivity index (χ0n) is 12.0. The van der Waals surface area contributed by atoms with Crippen molar-refractivity contribution in [1.29, 1.82) is 0 Å². The molecule has 0 aliphatic carbocycles. The Morgan fingerprint density at radius 1 is 1.29 bits per heavy atom. The molecular weight excluding hydrogens is 268 g/mol. The van der Waals surface area contributed by atoms with Crippen LogP contribution in [-0.2, 0) is 0 Å². The summed E-state index contributed by atoms with van der Waals surface area (Å²) in [6, 6.07) is 5.68. The van der Waals surface area contributed by atoms with E-state index in [1.807, 2.05) is 6.07 Å². The van der Waals surface area contributed by atoms with E-state index in [2.05, 4.69) is 9.88 Å². The minimum atomic E-state index is -0.312. The summed E-state index contributed by atoms with van der Waals surface area (Å²) in [7, 11) is 0. The molecule has 1 aromatic carbocycles. The number of aromatic nitrogens is 1. The highest BCUT2D eigenvalue weighted by molar-refractivity contribution is 5.99. The van der Waals surface area contributed by atoms with Crippen molar-refractivity contribution in [3.63, 3.8) is 0 Å². The van der Waals surface area contributed by atoms with Gasteiger partial charge in [0.1, 0.15) is 5.82 Å². The second-order valence-electron chi connectivity index (χ2n) is 5.54. The van der Waals surface area contributed by atoms with Gasteiger partial charge in [-0.25, -0.2) is 4.98 Å². The highest BCUT2D eigenvalue weighted by atomic mass is 16.6. The maximum atomic E-state index is 11.3. The van der Waals surface area contributed by atoms with Crippen molar-refractivity contribution in [1.82, 2.24) is 4.98 Å². The van der Waals surface area contributed by atoms with Gasteiger partial charge in [0, 0.05) is 36.3 Å². The number of benzene rings is 1. The predicted octanol–water partition coefficient (Wildman–Crippen LogP) is 2.38. The number of nitro benzene ring substituents is 1. The third-order valence-corrected chi connectivity index (χ3v) is 4.12. The topological polar surface area (TPSA) is 85.3 Å². The summed E-state index contributed by atoms with van der Waals surface area (Å²) in [5, 5.41) is 12.8. The monoisotopic (exact) mass is 286 g/mol. The van der Waals surface area contributed by atoms with Gasteiger partial charge >= 0.3 is 0 Å². The summed E-state index contributed by atoms with van der Waals surface area (Å²) in [6.07, 6.45) is 3.50. The summed E-state index contributed by atoms with van der Waals surface area (Å²) < 4.78 is 0. The molecule has 0 atom stereocenters. The van der Waals surface area contributed by atoms with Gasteiger partial charge < -0.3 is 10.6 Å². The molecule has 0 amide bonds. The van der Waals surface area contributed by atoms with E-state index < -0.39 is 0 Å². The Balaban J connectivity index is 2.13. The van der Waals surface area contributed by atoms with Gasteiger partial charge in [-0.2, -0.15) is 0 Å². The van der Waals surface area contributed by atoms with Crippen LogP contribution in [0.2, 0.25) is 0 Å². The van der Waals surface area contributed by atoms with Crippen molar-refractivity contribution in [2.75, 3.05) is 18.0 Å². The molecule has 1 aromatic heterocycles. The van der Waals surface area contributed by atoms with Gasteiger partial charge in [0.15, 0.2) is 0 Å². The van der Waals surface area contributed by atoms with Crippen LogP contribution in [0.25, 0.3) is 10.8 Å². The Kier molecular flexibility index (Phi) is 3.47. The van der Waals surface area contributed by atoms with Crippen LogP contribution in [0.1, 0.15) is 18.4 Å². The molecular formula is C15H18N4O2. The predicted molar refractivity (Wildman–Crippen MR) is 82.6 cm³/mol. The van der Waals surface area contributed by atoms with Crippen molar-refractivity contribution in [2.45, 2.75) is 25.8 Å². The number of piperidine rings is 1. The summed E-state index contributed by atoms with van der Waals surface area (Å²) in [4.78, 5) is 17.6. The molecule has 2 N–H and O–H groups in total. The molecule has 0 saturated carbocycles. The first-order valence-electron chi connectivity index (χ1n) is 7.11. The number of nitro groups is 1. The molecule has 1 aliphatic rings. The maximum absolute atomic E-state index is 11.3. The number of anilines is 1. The van der Waals surface area contributed by atoms with E-state index in [1.165, 1.54) is 0 Å². The van der Waals surface area contributed by atoms with Gasteiger partial charge in [0.2, 0.25) is 0 Å². The number of pyridine rings is 1. The Morgan fingerprint density at radius 3 is 2.67 bits per heavy atom. The van der Waals surface area contributed by atoms with Crippen molar-refractivity contribution >= 4 is 22.3 Å². The normalized spacial score (nSPS) is 16.4. The lowest BCUT2D eigenvalue weighted by Crippen LogP contribution is -2.40. The Labute approximate surface area is 122 Å². The van der Waals surface area contributed by atoms with Crippen molar-refractivity contribution in [2.24, 2.45) is 5.73 Å². The molecule has 0 spiro atoms. The van der Waals surface area contributed by atoms with Crippen LogP contribution in [0, 0.1) is 17.0 Å². The lowest BCUT2D eigenvalue weighted by atomic mass is 10.0. The third-order valence-electron chi connectivity index (χ3n) is 4.12. The Morgan fingerprint density at radius 2 is 2.00 bits per heavy atom. The largest absolute Gasteiger partial charge is 0.356 e. The average Bonchev–Trinajstić information content (AvgIpc) is 2.46. The molecule has 110 valence electrons. The van der Waals surface area contributed by atoms with Gasteiger partial charge in [-0.3, -0.25) is 10.1 Å². The number of nitrogens with zero attached hydrogens (tertiary/aromatic N) is 3. The molecule has 1 aliphatic heterocycles. The Bertz CT molecular complexity index is 693. The molecule has 0 radical (unpaired) electrons. The van der Waals surface area contributed by atoms with Crippen LogP contribution < -0.4 is 10.6 Å². The van der Waals surface area contributed by atoms with Gasteiger partial charge in [0.05, 0.1) is 10.3 Å². The van der Waals surface area contributed by atoms with Gasteiger partial charge in [0.25, 0.3) is 5.69 Å². The van der Waals surface area contributed by atoms with Crippen molar-refractivity contribution in [3.05, 3.63) is 40.1 Å². The van der Waals surface area contributed by atoms with E-state index in [4.69, 9.17) is 5.73 Å². The van der Waals surface area contributed by atoms with E-state index >= 15 is 0 Å². The van der Waals surface area contributed by atoms with Crippen LogP contribution in [-0.4, -0.2) is 29.0 Å². The lowest BCUT2D eigenvalue weighted by molar-refractivity contribution is -0.383. The third kappa shape index (κ3) is 2.42. The van der Waals surface area contributed by atoms with E-state index in [9.17, 15) is 10.1 Å². The smallest absolute Gasteiger partial charge is 0.280 e. The molecule has 2 heterocycles. The summed E-state index contributed by atoms with van der Waals surface area (Å²) in [5.41, 5.74) is 6.78. The number of aryl methyl sites for hydroxylation is 1. The van der Waals surface area contributed by atoms with Gasteiger partial charge in [-0.1, -0.05) is 6.07 Å². The van der Waals surface area contributed by atoms with Gasteiger partial charge in [-0.05, 0) is 31.9 Å². The molecule has 0 bridgehead atoms.